The van der Waals surface area contributed by atoms with Crippen molar-refractivity contribution in [1.29, 1.82) is 0 Å². The lowest BCUT2D eigenvalue weighted by Gasteiger charge is -2.07. The third-order valence-electron chi connectivity index (χ3n) is 3.42. The molecular formula is C19H23NO3. The monoisotopic (exact) mass is 313 g/mol. The van der Waals surface area contributed by atoms with Gasteiger partial charge in [0.05, 0.1) is 13.2 Å². The molecule has 1 aromatic carbocycles. The SMILES string of the molecule is CCOC(=O)CCCCCOc1cc(-c2ccccc2)ccn1. The van der Waals surface area contributed by atoms with E-state index in [9.17, 15) is 4.79 Å². The number of unbranched alkanes of at least 4 members (excludes halogenated alkanes) is 2. The molecule has 0 spiro atoms. The standard InChI is InChI=1S/C19H23NO3/c1-2-22-19(21)11-7-4-8-14-23-18-15-17(12-13-20-18)16-9-5-3-6-10-16/h3,5-6,9-10,12-13,15H,2,4,7-8,11,14H2,1H3. The Bertz CT molecular complexity index is 599. The number of ether oxygens (including phenoxy) is 2. The summed E-state index contributed by atoms with van der Waals surface area (Å²) >= 11 is 0. The minimum atomic E-state index is -0.120. The fraction of sp³-hybridized carbons (Fsp3) is 0.368. The largest absolute Gasteiger partial charge is 0.478 e. The highest BCUT2D eigenvalue weighted by Crippen LogP contribution is 2.21. The Morgan fingerprint density at radius 3 is 2.65 bits per heavy atom. The van der Waals surface area contributed by atoms with Gasteiger partial charge in [-0.25, -0.2) is 4.98 Å². The first-order chi connectivity index (χ1) is 11.3. The van der Waals surface area contributed by atoms with Crippen molar-refractivity contribution in [2.75, 3.05) is 13.2 Å². The van der Waals surface area contributed by atoms with Crippen LogP contribution in [-0.4, -0.2) is 24.2 Å². The first kappa shape index (κ1) is 17.0. The van der Waals surface area contributed by atoms with Crippen LogP contribution < -0.4 is 4.74 Å². The van der Waals surface area contributed by atoms with Crippen molar-refractivity contribution in [3.8, 4) is 17.0 Å². The summed E-state index contributed by atoms with van der Waals surface area (Å²) in [5.41, 5.74) is 2.24. The lowest BCUT2D eigenvalue weighted by molar-refractivity contribution is -0.143. The van der Waals surface area contributed by atoms with Crippen molar-refractivity contribution in [1.82, 2.24) is 4.98 Å². The highest BCUT2D eigenvalue weighted by molar-refractivity contribution is 5.69. The minimum Gasteiger partial charge on any atom is -0.478 e. The average molecular weight is 313 g/mol. The van der Waals surface area contributed by atoms with Crippen LogP contribution in [0.1, 0.15) is 32.6 Å². The van der Waals surface area contributed by atoms with Crippen molar-refractivity contribution in [2.24, 2.45) is 0 Å². The van der Waals surface area contributed by atoms with Crippen LogP contribution in [0.4, 0.5) is 0 Å². The van der Waals surface area contributed by atoms with Gasteiger partial charge in [0.25, 0.3) is 0 Å². The van der Waals surface area contributed by atoms with Gasteiger partial charge in [-0.2, -0.15) is 0 Å². The van der Waals surface area contributed by atoms with E-state index in [4.69, 9.17) is 9.47 Å². The fourth-order valence-corrected chi connectivity index (χ4v) is 2.26. The van der Waals surface area contributed by atoms with E-state index in [0.717, 1.165) is 30.4 Å². The molecule has 0 saturated carbocycles. The summed E-state index contributed by atoms with van der Waals surface area (Å²) in [5.74, 6) is 0.516. The first-order valence-electron chi connectivity index (χ1n) is 8.09. The molecule has 1 heterocycles. The molecule has 4 nitrogen and oxygen atoms in total. The van der Waals surface area contributed by atoms with Gasteiger partial charge < -0.3 is 9.47 Å². The molecule has 0 fully saturated rings. The zero-order chi connectivity index (χ0) is 16.3. The van der Waals surface area contributed by atoms with Crippen molar-refractivity contribution in [2.45, 2.75) is 32.6 Å². The Morgan fingerprint density at radius 1 is 1.04 bits per heavy atom. The Hall–Kier alpha value is -2.36. The van der Waals surface area contributed by atoms with E-state index in [0.29, 0.717) is 25.5 Å². The highest BCUT2D eigenvalue weighted by Gasteiger charge is 2.02. The summed E-state index contributed by atoms with van der Waals surface area (Å²) in [6, 6.07) is 14.1. The third-order valence-corrected chi connectivity index (χ3v) is 3.42. The zero-order valence-electron chi connectivity index (χ0n) is 13.5. The van der Waals surface area contributed by atoms with Crippen LogP contribution in [0.3, 0.4) is 0 Å². The molecule has 2 aromatic rings. The maximum absolute atomic E-state index is 11.2. The highest BCUT2D eigenvalue weighted by atomic mass is 16.5. The maximum Gasteiger partial charge on any atom is 0.305 e. The Morgan fingerprint density at radius 2 is 1.87 bits per heavy atom. The summed E-state index contributed by atoms with van der Waals surface area (Å²) in [4.78, 5) is 15.4. The van der Waals surface area contributed by atoms with E-state index in [1.165, 1.54) is 0 Å². The van der Waals surface area contributed by atoms with E-state index < -0.39 is 0 Å². The van der Waals surface area contributed by atoms with Crippen molar-refractivity contribution >= 4 is 5.97 Å². The fourth-order valence-electron chi connectivity index (χ4n) is 2.26. The quantitative estimate of drug-likeness (QED) is 0.513. The number of hydrogen-bond donors (Lipinski definition) is 0. The second-order valence-electron chi connectivity index (χ2n) is 5.21. The smallest absolute Gasteiger partial charge is 0.305 e. The Labute approximate surface area is 137 Å². The predicted octanol–water partition coefficient (Wildman–Crippen LogP) is 4.25. The maximum atomic E-state index is 11.2. The predicted molar refractivity (Wildman–Crippen MR) is 90.3 cm³/mol. The van der Waals surface area contributed by atoms with E-state index in [-0.39, 0.29) is 5.97 Å². The molecule has 1 aromatic heterocycles. The number of benzene rings is 1. The van der Waals surface area contributed by atoms with Crippen LogP contribution in [0.2, 0.25) is 0 Å². The van der Waals surface area contributed by atoms with Gasteiger partial charge >= 0.3 is 5.97 Å². The molecule has 4 heteroatoms. The number of pyridine rings is 1. The van der Waals surface area contributed by atoms with Crippen LogP contribution in [0.15, 0.2) is 48.7 Å². The molecule has 0 atom stereocenters. The van der Waals surface area contributed by atoms with Gasteiger partial charge in [0, 0.05) is 18.7 Å². The van der Waals surface area contributed by atoms with Crippen molar-refractivity contribution in [3.05, 3.63) is 48.7 Å². The minimum absolute atomic E-state index is 0.120. The zero-order valence-corrected chi connectivity index (χ0v) is 13.5. The molecule has 0 aliphatic heterocycles. The van der Waals surface area contributed by atoms with Gasteiger partial charge in [-0.05, 0) is 43.4 Å². The number of nitrogens with zero attached hydrogens (tertiary/aromatic N) is 1. The van der Waals surface area contributed by atoms with E-state index in [1.54, 1.807) is 6.20 Å². The molecule has 0 N–H and O–H groups in total. The average Bonchev–Trinajstić information content (AvgIpc) is 2.59. The molecule has 0 aliphatic rings. The molecule has 2 rings (SSSR count). The number of carbonyl (C=O) groups excluding carboxylic acids is 1. The van der Waals surface area contributed by atoms with Gasteiger partial charge in [-0.15, -0.1) is 0 Å². The number of carbonyl (C=O) groups is 1. The summed E-state index contributed by atoms with van der Waals surface area (Å²) in [7, 11) is 0. The molecule has 122 valence electrons. The second kappa shape index (κ2) is 9.62. The van der Waals surface area contributed by atoms with Crippen LogP contribution in [0.25, 0.3) is 11.1 Å². The number of aromatic nitrogens is 1. The van der Waals surface area contributed by atoms with Crippen LogP contribution in [0.5, 0.6) is 5.88 Å². The summed E-state index contributed by atoms with van der Waals surface area (Å²) in [6.07, 6.45) is 4.92. The molecule has 0 radical (unpaired) electrons. The number of rotatable bonds is 9. The number of esters is 1. The first-order valence-corrected chi connectivity index (χ1v) is 8.09. The van der Waals surface area contributed by atoms with E-state index in [1.807, 2.05) is 37.3 Å². The molecule has 0 aliphatic carbocycles. The Balaban J connectivity index is 1.71. The lowest BCUT2D eigenvalue weighted by atomic mass is 10.1. The van der Waals surface area contributed by atoms with Crippen LogP contribution in [-0.2, 0) is 9.53 Å². The van der Waals surface area contributed by atoms with E-state index in [2.05, 4.69) is 17.1 Å². The van der Waals surface area contributed by atoms with Gasteiger partial charge in [0.1, 0.15) is 0 Å². The summed E-state index contributed by atoms with van der Waals surface area (Å²) in [6.45, 7) is 2.88. The third kappa shape index (κ3) is 6.10. The van der Waals surface area contributed by atoms with Crippen molar-refractivity contribution < 1.29 is 14.3 Å². The van der Waals surface area contributed by atoms with Crippen LogP contribution >= 0.6 is 0 Å². The molecule has 0 saturated heterocycles. The second-order valence-corrected chi connectivity index (χ2v) is 5.21. The molecule has 23 heavy (non-hydrogen) atoms. The van der Waals surface area contributed by atoms with E-state index >= 15 is 0 Å². The van der Waals surface area contributed by atoms with Gasteiger partial charge in [0.15, 0.2) is 0 Å². The Kier molecular flexibility index (Phi) is 7.11. The van der Waals surface area contributed by atoms with Crippen molar-refractivity contribution in [3.63, 3.8) is 0 Å². The number of hydrogen-bond acceptors (Lipinski definition) is 4. The molecular weight excluding hydrogens is 290 g/mol. The lowest BCUT2D eigenvalue weighted by Crippen LogP contribution is -2.04. The van der Waals surface area contributed by atoms with Gasteiger partial charge in [0.2, 0.25) is 5.88 Å². The summed E-state index contributed by atoms with van der Waals surface area (Å²) < 4.78 is 10.6. The van der Waals surface area contributed by atoms with Gasteiger partial charge in [-0.3, -0.25) is 4.79 Å². The van der Waals surface area contributed by atoms with Gasteiger partial charge in [-0.1, -0.05) is 30.3 Å². The molecule has 0 unspecified atom stereocenters. The normalized spacial score (nSPS) is 10.3. The van der Waals surface area contributed by atoms with Crippen LogP contribution in [0, 0.1) is 0 Å². The summed E-state index contributed by atoms with van der Waals surface area (Å²) in [5, 5.41) is 0. The molecule has 0 bridgehead atoms. The molecule has 0 amide bonds. The topological polar surface area (TPSA) is 48.4 Å².